The van der Waals surface area contributed by atoms with Gasteiger partial charge in [0.15, 0.2) is 0 Å². The zero-order valence-electron chi connectivity index (χ0n) is 9.00. The molecule has 1 aromatic rings. The first-order valence-corrected chi connectivity index (χ1v) is 5.40. The highest BCUT2D eigenvalue weighted by atomic mass is 35.5. The average molecular weight is 231 g/mol. The van der Waals surface area contributed by atoms with E-state index in [1.54, 1.807) is 12.1 Å². The molecule has 0 unspecified atom stereocenters. The third-order valence-corrected chi connectivity index (χ3v) is 2.47. The van der Waals surface area contributed by atoms with E-state index in [-0.39, 0.29) is 5.57 Å². The Kier molecular flexibility index (Phi) is 4.58. The van der Waals surface area contributed by atoms with Crippen molar-refractivity contribution in [1.82, 2.24) is 0 Å². The second kappa shape index (κ2) is 5.95. The van der Waals surface area contributed by atoms with Crippen molar-refractivity contribution in [2.45, 2.75) is 19.8 Å². The fourth-order valence-corrected chi connectivity index (χ4v) is 1.60. The van der Waals surface area contributed by atoms with E-state index in [0.717, 1.165) is 24.0 Å². The third kappa shape index (κ3) is 2.86. The summed E-state index contributed by atoms with van der Waals surface area (Å²) in [6, 6.07) is 11.1. The predicted molar refractivity (Wildman–Crippen MR) is 64.5 cm³/mol. The van der Waals surface area contributed by atoms with E-state index < -0.39 is 0 Å². The quantitative estimate of drug-likeness (QED) is 0.739. The molecular formula is C13H11ClN2. The fraction of sp³-hybridized carbons (Fsp3) is 0.231. The molecule has 0 N–H and O–H groups in total. The van der Waals surface area contributed by atoms with Crippen molar-refractivity contribution in [1.29, 1.82) is 10.5 Å². The topological polar surface area (TPSA) is 47.6 Å². The zero-order valence-corrected chi connectivity index (χ0v) is 9.75. The zero-order chi connectivity index (χ0) is 12.0. The fourth-order valence-electron chi connectivity index (χ4n) is 1.47. The summed E-state index contributed by atoms with van der Waals surface area (Å²) in [4.78, 5) is 0. The van der Waals surface area contributed by atoms with E-state index in [2.05, 4.69) is 0 Å². The molecule has 0 saturated heterocycles. The van der Waals surface area contributed by atoms with Crippen molar-refractivity contribution in [2.24, 2.45) is 0 Å². The van der Waals surface area contributed by atoms with Crippen molar-refractivity contribution >= 4 is 17.2 Å². The maximum Gasteiger partial charge on any atom is 0.133 e. The Hall–Kier alpha value is -1.77. The molecule has 0 fully saturated rings. The lowest BCUT2D eigenvalue weighted by Gasteiger charge is -2.06. The molecule has 3 heteroatoms. The third-order valence-electron chi connectivity index (χ3n) is 2.22. The van der Waals surface area contributed by atoms with Crippen LogP contribution >= 0.6 is 11.6 Å². The number of hydrogen-bond donors (Lipinski definition) is 0. The lowest BCUT2D eigenvalue weighted by molar-refractivity contribution is 0.971. The minimum Gasteiger partial charge on any atom is -0.192 e. The van der Waals surface area contributed by atoms with Crippen molar-refractivity contribution < 1.29 is 0 Å². The van der Waals surface area contributed by atoms with Crippen LogP contribution in [0.1, 0.15) is 25.3 Å². The van der Waals surface area contributed by atoms with Gasteiger partial charge in [0.25, 0.3) is 0 Å². The minimum absolute atomic E-state index is 0.184. The normalized spacial score (nSPS) is 9.00. The van der Waals surface area contributed by atoms with Gasteiger partial charge >= 0.3 is 0 Å². The van der Waals surface area contributed by atoms with Crippen LogP contribution in [0.5, 0.6) is 0 Å². The first kappa shape index (κ1) is 12.3. The van der Waals surface area contributed by atoms with Crippen LogP contribution in [0.15, 0.2) is 29.8 Å². The van der Waals surface area contributed by atoms with Crippen LogP contribution in [-0.4, -0.2) is 0 Å². The van der Waals surface area contributed by atoms with E-state index in [4.69, 9.17) is 22.1 Å². The largest absolute Gasteiger partial charge is 0.192 e. The molecule has 0 aromatic heterocycles. The van der Waals surface area contributed by atoms with E-state index in [0.29, 0.717) is 5.02 Å². The number of halogens is 1. The van der Waals surface area contributed by atoms with Gasteiger partial charge in [-0.15, -0.1) is 0 Å². The maximum absolute atomic E-state index is 8.88. The Morgan fingerprint density at radius 3 is 2.19 bits per heavy atom. The van der Waals surface area contributed by atoms with Crippen LogP contribution in [-0.2, 0) is 0 Å². The van der Waals surface area contributed by atoms with Crippen LogP contribution in [0, 0.1) is 22.7 Å². The molecule has 0 bridgehead atoms. The summed E-state index contributed by atoms with van der Waals surface area (Å²) in [5, 5.41) is 18.4. The average Bonchev–Trinajstić information content (AvgIpc) is 2.31. The molecule has 80 valence electrons. The summed E-state index contributed by atoms with van der Waals surface area (Å²) >= 11 is 5.79. The number of rotatable bonds is 3. The van der Waals surface area contributed by atoms with Crippen LogP contribution in [0.3, 0.4) is 0 Å². The number of allylic oxidation sites excluding steroid dienone is 2. The van der Waals surface area contributed by atoms with Gasteiger partial charge in [0.1, 0.15) is 17.7 Å². The van der Waals surface area contributed by atoms with Gasteiger partial charge in [-0.25, -0.2) is 0 Å². The van der Waals surface area contributed by atoms with Crippen molar-refractivity contribution in [3.63, 3.8) is 0 Å². The van der Waals surface area contributed by atoms with E-state index in [1.807, 2.05) is 31.2 Å². The molecule has 0 heterocycles. The molecule has 0 spiro atoms. The summed E-state index contributed by atoms with van der Waals surface area (Å²) in [5.74, 6) is 0. The predicted octanol–water partition coefficient (Wildman–Crippen LogP) is 3.94. The molecule has 0 aliphatic rings. The second-order valence-electron chi connectivity index (χ2n) is 3.33. The van der Waals surface area contributed by atoms with Gasteiger partial charge in [-0.05, 0) is 29.7 Å². The molecule has 0 saturated carbocycles. The van der Waals surface area contributed by atoms with Crippen molar-refractivity contribution in [3.8, 4) is 12.1 Å². The van der Waals surface area contributed by atoms with Gasteiger partial charge in [0, 0.05) is 5.02 Å². The molecule has 16 heavy (non-hydrogen) atoms. The van der Waals surface area contributed by atoms with Gasteiger partial charge < -0.3 is 0 Å². The second-order valence-corrected chi connectivity index (χ2v) is 3.77. The summed E-state index contributed by atoms with van der Waals surface area (Å²) in [6.45, 7) is 2.02. The molecule has 0 atom stereocenters. The number of hydrogen-bond acceptors (Lipinski definition) is 2. The Morgan fingerprint density at radius 1 is 1.19 bits per heavy atom. The monoisotopic (exact) mass is 230 g/mol. The van der Waals surface area contributed by atoms with E-state index in [9.17, 15) is 0 Å². The van der Waals surface area contributed by atoms with Gasteiger partial charge in [-0.1, -0.05) is 37.1 Å². The highest BCUT2D eigenvalue weighted by molar-refractivity contribution is 6.30. The van der Waals surface area contributed by atoms with Crippen LogP contribution < -0.4 is 0 Å². The van der Waals surface area contributed by atoms with Crippen LogP contribution in [0.25, 0.3) is 5.57 Å². The number of nitriles is 2. The van der Waals surface area contributed by atoms with E-state index in [1.165, 1.54) is 0 Å². The first-order chi connectivity index (χ1) is 7.72. The number of benzene rings is 1. The summed E-state index contributed by atoms with van der Waals surface area (Å²) in [7, 11) is 0. The van der Waals surface area contributed by atoms with Crippen LogP contribution in [0.4, 0.5) is 0 Å². The lowest BCUT2D eigenvalue weighted by atomic mass is 9.97. The standard InChI is InChI=1S/C13H11ClN2/c1-2-3-13(11(8-15)9-16)10-4-6-12(14)7-5-10/h4-7H,2-3H2,1H3. The maximum atomic E-state index is 8.88. The highest BCUT2D eigenvalue weighted by Gasteiger charge is 2.07. The van der Waals surface area contributed by atoms with Gasteiger partial charge in [0.05, 0.1) is 0 Å². The smallest absolute Gasteiger partial charge is 0.133 e. The molecule has 0 aliphatic heterocycles. The van der Waals surface area contributed by atoms with Crippen LogP contribution in [0.2, 0.25) is 5.02 Å². The van der Waals surface area contributed by atoms with Gasteiger partial charge in [-0.2, -0.15) is 10.5 Å². The summed E-state index contributed by atoms with van der Waals surface area (Å²) in [6.07, 6.45) is 1.61. The van der Waals surface area contributed by atoms with Crippen molar-refractivity contribution in [2.75, 3.05) is 0 Å². The van der Waals surface area contributed by atoms with E-state index >= 15 is 0 Å². The molecule has 0 aliphatic carbocycles. The number of nitrogens with zero attached hydrogens (tertiary/aromatic N) is 2. The summed E-state index contributed by atoms with van der Waals surface area (Å²) in [5.41, 5.74) is 1.87. The minimum atomic E-state index is 0.184. The molecule has 2 nitrogen and oxygen atoms in total. The first-order valence-electron chi connectivity index (χ1n) is 5.02. The molecule has 0 amide bonds. The molecule has 1 aromatic carbocycles. The molecule has 1 rings (SSSR count). The Balaban J connectivity index is 3.24. The molecular weight excluding hydrogens is 220 g/mol. The van der Waals surface area contributed by atoms with Gasteiger partial charge in [0.2, 0.25) is 0 Å². The SMILES string of the molecule is CCCC(=C(C#N)C#N)c1ccc(Cl)cc1. The Labute approximate surface area is 100 Å². The Morgan fingerprint density at radius 2 is 1.75 bits per heavy atom. The molecule has 0 radical (unpaired) electrons. The lowest BCUT2D eigenvalue weighted by Crippen LogP contribution is -1.89. The Bertz CT molecular complexity index is 456. The highest BCUT2D eigenvalue weighted by Crippen LogP contribution is 2.24. The van der Waals surface area contributed by atoms with Gasteiger partial charge in [-0.3, -0.25) is 0 Å². The van der Waals surface area contributed by atoms with Crippen molar-refractivity contribution in [3.05, 3.63) is 40.4 Å². The summed E-state index contributed by atoms with van der Waals surface area (Å²) < 4.78 is 0.